The molecule has 0 radical (unpaired) electrons. The third-order valence-corrected chi connectivity index (χ3v) is 4.18. The smallest absolute Gasteiger partial charge is 0.422 e. The number of carbonyl (C=O) groups is 1. The van der Waals surface area contributed by atoms with Gasteiger partial charge < -0.3 is 15.8 Å². The molecule has 2 rings (SSSR count). The fourth-order valence-electron chi connectivity index (χ4n) is 2.98. The molecule has 1 saturated carbocycles. The molecular weight excluding hydrogens is 394 g/mol. The number of carbonyl (C=O) groups excluding carboxylic acids is 1. The highest BCUT2D eigenvalue weighted by Gasteiger charge is 2.30. The van der Waals surface area contributed by atoms with Crippen molar-refractivity contribution in [1.29, 1.82) is 0 Å². The molecule has 1 unspecified atom stereocenters. The number of hydrogen-bond donors (Lipinski definition) is 2. The largest absolute Gasteiger partial charge is 0.467 e. The van der Waals surface area contributed by atoms with E-state index in [2.05, 4.69) is 15.0 Å². The zero-order chi connectivity index (χ0) is 17.6. The van der Waals surface area contributed by atoms with E-state index in [1.165, 1.54) is 24.8 Å². The summed E-state index contributed by atoms with van der Waals surface area (Å²) < 4.78 is 41.6. The Morgan fingerprint density at radius 3 is 2.54 bits per heavy atom. The number of pyridine rings is 1. The number of ether oxygens (including phenoxy) is 1. The number of nitrogens with one attached hydrogen (secondary N) is 1. The molecule has 3 N–H and O–H groups in total. The standard InChI is InChI=1S/C16H22F3N3O2.2ClH/c17-16(18,19)10-24-15-12(7-4-8-21-15)14(23)22-13(9-20)11-5-2-1-3-6-11;;/h4,7-8,11,13H,1-3,5-6,9-10,20H2,(H,22,23);2*1H. The summed E-state index contributed by atoms with van der Waals surface area (Å²) in [5.74, 6) is -0.544. The molecule has 1 atom stereocenters. The van der Waals surface area contributed by atoms with Gasteiger partial charge in [0.2, 0.25) is 5.88 Å². The summed E-state index contributed by atoms with van der Waals surface area (Å²) in [6.45, 7) is -1.21. The Balaban J connectivity index is 0.00000312. The summed E-state index contributed by atoms with van der Waals surface area (Å²) >= 11 is 0. The lowest BCUT2D eigenvalue weighted by Crippen LogP contribution is -2.46. The van der Waals surface area contributed by atoms with Gasteiger partial charge in [-0.25, -0.2) is 4.98 Å². The number of alkyl halides is 3. The lowest BCUT2D eigenvalue weighted by Gasteiger charge is -2.30. The third-order valence-electron chi connectivity index (χ3n) is 4.18. The Labute approximate surface area is 163 Å². The molecule has 1 aliphatic carbocycles. The first-order valence-corrected chi connectivity index (χ1v) is 8.06. The van der Waals surface area contributed by atoms with Crippen molar-refractivity contribution >= 4 is 30.7 Å². The number of amides is 1. The van der Waals surface area contributed by atoms with Crippen LogP contribution in [-0.2, 0) is 0 Å². The molecule has 0 spiro atoms. The molecule has 0 aliphatic heterocycles. The van der Waals surface area contributed by atoms with Crippen LogP contribution in [0.15, 0.2) is 18.3 Å². The average Bonchev–Trinajstić information content (AvgIpc) is 2.58. The average molecular weight is 418 g/mol. The van der Waals surface area contributed by atoms with Gasteiger partial charge >= 0.3 is 6.18 Å². The SMILES string of the molecule is Cl.Cl.NCC(NC(=O)c1cccnc1OCC(F)(F)F)C1CCCCC1. The van der Waals surface area contributed by atoms with E-state index in [1.807, 2.05) is 0 Å². The van der Waals surface area contributed by atoms with Gasteiger partial charge in [0.05, 0.1) is 0 Å². The second kappa shape index (κ2) is 11.5. The topological polar surface area (TPSA) is 77.2 Å². The molecule has 0 bridgehead atoms. The van der Waals surface area contributed by atoms with Crippen LogP contribution in [0.3, 0.4) is 0 Å². The van der Waals surface area contributed by atoms with Gasteiger partial charge in [0.25, 0.3) is 5.91 Å². The second-order valence-electron chi connectivity index (χ2n) is 5.97. The van der Waals surface area contributed by atoms with Crippen molar-refractivity contribution < 1.29 is 22.7 Å². The first-order chi connectivity index (χ1) is 11.4. The number of rotatable bonds is 6. The van der Waals surface area contributed by atoms with Gasteiger partial charge in [0.15, 0.2) is 6.61 Å². The minimum atomic E-state index is -4.49. The highest BCUT2D eigenvalue weighted by Crippen LogP contribution is 2.27. The van der Waals surface area contributed by atoms with Crippen LogP contribution in [0.2, 0.25) is 0 Å². The van der Waals surface area contributed by atoms with Gasteiger partial charge in [0.1, 0.15) is 5.56 Å². The van der Waals surface area contributed by atoms with Gasteiger partial charge in [-0.05, 0) is 30.9 Å². The van der Waals surface area contributed by atoms with E-state index in [-0.39, 0.29) is 48.8 Å². The second-order valence-corrected chi connectivity index (χ2v) is 5.97. The Bertz CT molecular complexity index is 556. The van der Waals surface area contributed by atoms with Gasteiger partial charge in [0, 0.05) is 18.8 Å². The third kappa shape index (κ3) is 7.55. The van der Waals surface area contributed by atoms with Gasteiger partial charge in [-0.3, -0.25) is 4.79 Å². The maximum atomic E-state index is 12.4. The molecule has 1 fully saturated rings. The molecule has 0 saturated heterocycles. The quantitative estimate of drug-likeness (QED) is 0.742. The van der Waals surface area contributed by atoms with Crippen LogP contribution in [0.4, 0.5) is 13.2 Å². The normalized spacial score (nSPS) is 16.0. The molecular formula is C16H24Cl2F3N3O2. The van der Waals surface area contributed by atoms with Crippen molar-refractivity contribution in [2.75, 3.05) is 13.2 Å². The predicted molar refractivity (Wildman–Crippen MR) is 97.2 cm³/mol. The maximum Gasteiger partial charge on any atom is 0.422 e. The number of halogens is 5. The molecule has 150 valence electrons. The molecule has 1 aliphatic rings. The highest BCUT2D eigenvalue weighted by atomic mass is 35.5. The van der Waals surface area contributed by atoms with Crippen molar-refractivity contribution in [1.82, 2.24) is 10.3 Å². The number of nitrogens with two attached hydrogens (primary N) is 1. The molecule has 0 aromatic carbocycles. The van der Waals surface area contributed by atoms with E-state index >= 15 is 0 Å². The van der Waals surface area contributed by atoms with Crippen LogP contribution in [-0.4, -0.2) is 36.3 Å². The lowest BCUT2D eigenvalue weighted by molar-refractivity contribution is -0.154. The lowest BCUT2D eigenvalue weighted by atomic mass is 9.84. The molecule has 26 heavy (non-hydrogen) atoms. The van der Waals surface area contributed by atoms with Gasteiger partial charge in [-0.1, -0.05) is 19.3 Å². The number of nitrogens with zero attached hydrogens (tertiary/aromatic N) is 1. The highest BCUT2D eigenvalue weighted by molar-refractivity contribution is 5.96. The Morgan fingerprint density at radius 1 is 1.31 bits per heavy atom. The molecule has 1 aromatic rings. The van der Waals surface area contributed by atoms with Crippen LogP contribution < -0.4 is 15.8 Å². The number of aromatic nitrogens is 1. The van der Waals surface area contributed by atoms with E-state index in [0.717, 1.165) is 25.7 Å². The summed E-state index contributed by atoms with van der Waals surface area (Å²) in [6, 6.07) is 2.67. The maximum absolute atomic E-state index is 12.4. The number of hydrogen-bond acceptors (Lipinski definition) is 4. The predicted octanol–water partition coefficient (Wildman–Crippen LogP) is 3.50. The molecule has 10 heteroatoms. The minimum Gasteiger partial charge on any atom is -0.467 e. The Kier molecular flexibility index (Phi) is 10.9. The van der Waals surface area contributed by atoms with Gasteiger partial charge in [-0.15, -0.1) is 24.8 Å². The van der Waals surface area contributed by atoms with E-state index in [0.29, 0.717) is 5.92 Å². The molecule has 1 aromatic heterocycles. The summed E-state index contributed by atoms with van der Waals surface area (Å²) in [5, 5.41) is 2.83. The van der Waals surface area contributed by atoms with E-state index in [9.17, 15) is 18.0 Å². The zero-order valence-electron chi connectivity index (χ0n) is 14.1. The van der Waals surface area contributed by atoms with Crippen molar-refractivity contribution in [3.05, 3.63) is 23.9 Å². The summed E-state index contributed by atoms with van der Waals surface area (Å²) in [5.41, 5.74) is 5.76. The summed E-state index contributed by atoms with van der Waals surface area (Å²) in [7, 11) is 0. The van der Waals surface area contributed by atoms with E-state index in [1.54, 1.807) is 0 Å². The molecule has 5 nitrogen and oxygen atoms in total. The van der Waals surface area contributed by atoms with Crippen LogP contribution >= 0.6 is 24.8 Å². The van der Waals surface area contributed by atoms with Crippen molar-refractivity contribution in [3.8, 4) is 5.88 Å². The fraction of sp³-hybridized carbons (Fsp3) is 0.625. The Hall–Kier alpha value is -1.25. The first kappa shape index (κ1) is 24.8. The van der Waals surface area contributed by atoms with Crippen molar-refractivity contribution in [3.63, 3.8) is 0 Å². The molecule has 1 amide bonds. The van der Waals surface area contributed by atoms with Gasteiger partial charge in [-0.2, -0.15) is 13.2 Å². The van der Waals surface area contributed by atoms with Crippen molar-refractivity contribution in [2.24, 2.45) is 11.7 Å². The van der Waals surface area contributed by atoms with Crippen LogP contribution in [0.5, 0.6) is 5.88 Å². The van der Waals surface area contributed by atoms with E-state index < -0.39 is 18.7 Å². The van der Waals surface area contributed by atoms with Crippen molar-refractivity contribution in [2.45, 2.75) is 44.3 Å². The summed E-state index contributed by atoms with van der Waals surface area (Å²) in [4.78, 5) is 16.2. The van der Waals surface area contributed by atoms with E-state index in [4.69, 9.17) is 5.73 Å². The summed E-state index contributed by atoms with van der Waals surface area (Å²) in [6.07, 6.45) is 2.16. The minimum absolute atomic E-state index is 0. The monoisotopic (exact) mass is 417 g/mol. The first-order valence-electron chi connectivity index (χ1n) is 8.06. The van der Waals surface area contributed by atoms with Crippen LogP contribution in [0.1, 0.15) is 42.5 Å². The van der Waals surface area contributed by atoms with Crippen LogP contribution in [0.25, 0.3) is 0 Å². The van der Waals surface area contributed by atoms with Crippen LogP contribution in [0, 0.1) is 5.92 Å². The Morgan fingerprint density at radius 2 is 1.96 bits per heavy atom. The molecule has 1 heterocycles. The fourth-order valence-corrected chi connectivity index (χ4v) is 2.98. The zero-order valence-corrected chi connectivity index (χ0v) is 15.8.